The third kappa shape index (κ3) is 5.58. The van der Waals surface area contributed by atoms with E-state index in [-0.39, 0.29) is 30.8 Å². The van der Waals surface area contributed by atoms with E-state index in [1.165, 1.54) is 4.90 Å². The number of likely N-dealkylation sites (N-methyl/N-ethyl adjacent to an activating group) is 1. The van der Waals surface area contributed by atoms with Crippen LogP contribution in [0.2, 0.25) is 0 Å². The molecule has 8 heteroatoms. The zero-order valence-electron chi connectivity index (χ0n) is 14.0. The van der Waals surface area contributed by atoms with Crippen LogP contribution in [0.4, 0.5) is 5.69 Å². The summed E-state index contributed by atoms with van der Waals surface area (Å²) >= 11 is 0. The topological polar surface area (TPSA) is 79.9 Å². The zero-order chi connectivity index (χ0) is 16.7. The number of halogens is 1. The van der Waals surface area contributed by atoms with E-state index in [1.807, 2.05) is 6.92 Å². The van der Waals surface area contributed by atoms with Gasteiger partial charge in [0, 0.05) is 31.3 Å². The van der Waals surface area contributed by atoms with Gasteiger partial charge in [-0.05, 0) is 26.1 Å². The molecule has 1 heterocycles. The van der Waals surface area contributed by atoms with Gasteiger partial charge in [0.15, 0.2) is 11.5 Å². The number of hydrogen-bond donors (Lipinski definition) is 2. The Morgan fingerprint density at radius 3 is 2.58 bits per heavy atom. The van der Waals surface area contributed by atoms with E-state index >= 15 is 0 Å². The molecular weight excluding hydrogens is 334 g/mol. The average Bonchev–Trinajstić information content (AvgIpc) is 2.57. The number of nitrogens with one attached hydrogen (secondary N) is 2. The quantitative estimate of drug-likeness (QED) is 0.768. The maximum Gasteiger partial charge on any atom is 0.243 e. The summed E-state index contributed by atoms with van der Waals surface area (Å²) < 4.78 is 10.9. The number of nitrogens with zero attached hydrogens (tertiary/aromatic N) is 1. The van der Waals surface area contributed by atoms with E-state index in [1.54, 1.807) is 25.2 Å². The SMILES string of the molecule is CCN(CC(=O)Nc1ccc2c(c1)OCCO2)C(=O)CCNC.Cl. The van der Waals surface area contributed by atoms with E-state index in [4.69, 9.17) is 9.47 Å². The normalized spacial score (nSPS) is 12.1. The zero-order valence-corrected chi connectivity index (χ0v) is 14.8. The van der Waals surface area contributed by atoms with Crippen LogP contribution in [0.15, 0.2) is 18.2 Å². The Balaban J connectivity index is 0.00000288. The van der Waals surface area contributed by atoms with Crippen molar-refractivity contribution in [3.63, 3.8) is 0 Å². The molecule has 2 amide bonds. The molecule has 1 aromatic rings. The molecule has 7 nitrogen and oxygen atoms in total. The second kappa shape index (κ2) is 10.00. The molecule has 0 atom stereocenters. The molecular formula is C16H24ClN3O4. The Kier molecular flexibility index (Phi) is 8.35. The smallest absolute Gasteiger partial charge is 0.243 e. The van der Waals surface area contributed by atoms with E-state index in [2.05, 4.69) is 10.6 Å². The number of carbonyl (C=O) groups is 2. The van der Waals surface area contributed by atoms with Crippen LogP contribution < -0.4 is 20.1 Å². The molecule has 0 aliphatic carbocycles. The standard InChI is InChI=1S/C16H23N3O4.ClH/c1-3-19(16(21)6-7-17-2)11-15(20)18-12-4-5-13-14(10-12)23-9-8-22-13;/h4-5,10,17H,3,6-9,11H2,1-2H3,(H,18,20);1H. The number of amides is 2. The number of rotatable bonds is 7. The maximum atomic E-state index is 12.1. The molecule has 0 fully saturated rings. The summed E-state index contributed by atoms with van der Waals surface area (Å²) in [5, 5.41) is 5.71. The minimum Gasteiger partial charge on any atom is -0.486 e. The van der Waals surface area contributed by atoms with E-state index in [9.17, 15) is 9.59 Å². The van der Waals surface area contributed by atoms with Crippen LogP contribution in [0, 0.1) is 0 Å². The molecule has 0 radical (unpaired) electrons. The molecule has 134 valence electrons. The Morgan fingerprint density at radius 1 is 1.21 bits per heavy atom. The summed E-state index contributed by atoms with van der Waals surface area (Å²) in [6.07, 6.45) is 0.377. The van der Waals surface area contributed by atoms with Gasteiger partial charge in [0.25, 0.3) is 0 Å². The fourth-order valence-corrected chi connectivity index (χ4v) is 2.26. The highest BCUT2D eigenvalue weighted by Crippen LogP contribution is 2.32. The lowest BCUT2D eigenvalue weighted by Gasteiger charge is -2.21. The molecule has 1 aliphatic rings. The summed E-state index contributed by atoms with van der Waals surface area (Å²) in [5.74, 6) is 1.01. The molecule has 1 aliphatic heterocycles. The maximum absolute atomic E-state index is 12.1. The van der Waals surface area contributed by atoms with Gasteiger partial charge in [0.05, 0.1) is 6.54 Å². The monoisotopic (exact) mass is 357 g/mol. The Bertz CT molecular complexity index is 568. The lowest BCUT2D eigenvalue weighted by molar-refractivity contribution is -0.134. The molecule has 0 spiro atoms. The van der Waals surface area contributed by atoms with Crippen molar-refractivity contribution < 1.29 is 19.1 Å². The Hall–Kier alpha value is -1.99. The van der Waals surface area contributed by atoms with Gasteiger partial charge in [-0.1, -0.05) is 0 Å². The van der Waals surface area contributed by atoms with Gasteiger partial charge in [-0.15, -0.1) is 12.4 Å². The van der Waals surface area contributed by atoms with Crippen molar-refractivity contribution in [1.29, 1.82) is 0 Å². The minimum atomic E-state index is -0.235. The number of anilines is 1. The molecule has 2 rings (SSSR count). The van der Waals surface area contributed by atoms with Crippen molar-refractivity contribution in [1.82, 2.24) is 10.2 Å². The van der Waals surface area contributed by atoms with E-state index in [0.717, 1.165) is 0 Å². The van der Waals surface area contributed by atoms with Crippen molar-refractivity contribution in [3.8, 4) is 11.5 Å². The van der Waals surface area contributed by atoms with Crippen LogP contribution in [-0.2, 0) is 9.59 Å². The van der Waals surface area contributed by atoms with Crippen LogP contribution in [0.3, 0.4) is 0 Å². The molecule has 0 aromatic heterocycles. The van der Waals surface area contributed by atoms with Crippen molar-refractivity contribution >= 4 is 29.9 Å². The van der Waals surface area contributed by atoms with Crippen LogP contribution in [0.1, 0.15) is 13.3 Å². The van der Waals surface area contributed by atoms with E-state index in [0.29, 0.717) is 49.9 Å². The van der Waals surface area contributed by atoms with Gasteiger partial charge < -0.3 is 25.0 Å². The predicted molar refractivity (Wildman–Crippen MR) is 94.1 cm³/mol. The summed E-state index contributed by atoms with van der Waals surface area (Å²) in [5.41, 5.74) is 0.623. The molecule has 0 bridgehead atoms. The summed E-state index contributed by atoms with van der Waals surface area (Å²) in [6, 6.07) is 5.25. The second-order valence-corrected chi connectivity index (χ2v) is 5.17. The van der Waals surface area contributed by atoms with Crippen LogP contribution in [-0.4, -0.2) is 56.6 Å². The molecule has 0 unspecified atom stereocenters. The lowest BCUT2D eigenvalue weighted by atomic mass is 10.2. The molecule has 2 N–H and O–H groups in total. The fraction of sp³-hybridized carbons (Fsp3) is 0.500. The van der Waals surface area contributed by atoms with Crippen LogP contribution in [0.5, 0.6) is 11.5 Å². The molecule has 0 saturated heterocycles. The third-order valence-corrected chi connectivity index (χ3v) is 3.48. The largest absolute Gasteiger partial charge is 0.486 e. The number of ether oxygens (including phenoxy) is 2. The van der Waals surface area contributed by atoms with Gasteiger partial charge in [-0.25, -0.2) is 0 Å². The number of hydrogen-bond acceptors (Lipinski definition) is 5. The Morgan fingerprint density at radius 2 is 1.92 bits per heavy atom. The van der Waals surface area contributed by atoms with Gasteiger partial charge >= 0.3 is 0 Å². The molecule has 24 heavy (non-hydrogen) atoms. The van der Waals surface area contributed by atoms with Gasteiger partial charge in [0.2, 0.25) is 11.8 Å². The van der Waals surface area contributed by atoms with Crippen LogP contribution >= 0.6 is 12.4 Å². The highest BCUT2D eigenvalue weighted by atomic mass is 35.5. The second-order valence-electron chi connectivity index (χ2n) is 5.17. The van der Waals surface area contributed by atoms with Crippen molar-refractivity contribution in [2.75, 3.05) is 45.2 Å². The van der Waals surface area contributed by atoms with Gasteiger partial charge in [-0.2, -0.15) is 0 Å². The third-order valence-electron chi connectivity index (χ3n) is 3.48. The first-order chi connectivity index (χ1) is 11.1. The molecule has 0 saturated carbocycles. The number of carbonyl (C=O) groups excluding carboxylic acids is 2. The summed E-state index contributed by atoms with van der Waals surface area (Å²) in [6.45, 7) is 4.01. The van der Waals surface area contributed by atoms with Crippen molar-refractivity contribution in [3.05, 3.63) is 18.2 Å². The number of benzene rings is 1. The molecule has 1 aromatic carbocycles. The highest BCUT2D eigenvalue weighted by molar-refractivity contribution is 5.94. The first-order valence-electron chi connectivity index (χ1n) is 7.76. The van der Waals surface area contributed by atoms with Gasteiger partial charge in [-0.3, -0.25) is 9.59 Å². The lowest BCUT2D eigenvalue weighted by Crippen LogP contribution is -2.38. The van der Waals surface area contributed by atoms with Gasteiger partial charge in [0.1, 0.15) is 13.2 Å². The highest BCUT2D eigenvalue weighted by Gasteiger charge is 2.16. The first-order valence-corrected chi connectivity index (χ1v) is 7.76. The van der Waals surface area contributed by atoms with Crippen molar-refractivity contribution in [2.45, 2.75) is 13.3 Å². The average molecular weight is 358 g/mol. The van der Waals surface area contributed by atoms with Crippen LogP contribution in [0.25, 0.3) is 0 Å². The van der Waals surface area contributed by atoms with E-state index < -0.39 is 0 Å². The van der Waals surface area contributed by atoms with Crippen molar-refractivity contribution in [2.24, 2.45) is 0 Å². The fourth-order valence-electron chi connectivity index (χ4n) is 2.26. The number of fused-ring (bicyclic) bond motifs is 1. The summed E-state index contributed by atoms with van der Waals surface area (Å²) in [7, 11) is 1.79. The first kappa shape index (κ1) is 20.1. The predicted octanol–water partition coefficient (Wildman–Crippen LogP) is 1.28. The Labute approximate surface area is 148 Å². The summed E-state index contributed by atoms with van der Waals surface area (Å²) in [4.78, 5) is 25.6. The minimum absolute atomic E-state index is 0.